The molecule has 0 fully saturated rings. The van der Waals surface area contributed by atoms with Crippen molar-refractivity contribution in [1.29, 1.82) is 0 Å². The molecule has 188 valence electrons. The second-order valence-electron chi connectivity index (χ2n) is 8.56. The third-order valence-electron chi connectivity index (χ3n) is 5.90. The summed E-state index contributed by atoms with van der Waals surface area (Å²) in [5.41, 5.74) is 1.99. The fourth-order valence-electron chi connectivity index (χ4n) is 3.95. The van der Waals surface area contributed by atoms with Crippen molar-refractivity contribution in [2.24, 2.45) is 0 Å². The van der Waals surface area contributed by atoms with Gasteiger partial charge in [-0.15, -0.1) is 0 Å². The van der Waals surface area contributed by atoms with Crippen LogP contribution in [0.1, 0.15) is 36.5 Å². The SMILES string of the molecule is CCCCNC(=O)[C@@H](Cc1ccccc1)N(Cc1ccc(Br)cc1)C(=O)Cc1ccccc1[N+](=O)[O-]. The zero-order valence-electron chi connectivity index (χ0n) is 20.2. The Morgan fingerprint density at radius 1 is 0.972 bits per heavy atom. The van der Waals surface area contributed by atoms with Gasteiger partial charge in [0.15, 0.2) is 0 Å². The predicted octanol–water partition coefficient (Wildman–Crippen LogP) is 5.46. The number of nitro groups is 1. The quantitative estimate of drug-likeness (QED) is 0.184. The van der Waals surface area contributed by atoms with Gasteiger partial charge in [0.05, 0.1) is 11.3 Å². The Morgan fingerprint density at radius 2 is 1.64 bits per heavy atom. The summed E-state index contributed by atoms with van der Waals surface area (Å²) in [5, 5.41) is 14.5. The van der Waals surface area contributed by atoms with Crippen LogP contribution in [0.15, 0.2) is 83.3 Å². The molecule has 0 heterocycles. The maximum atomic E-state index is 13.7. The summed E-state index contributed by atoms with van der Waals surface area (Å²) < 4.78 is 0.905. The molecule has 2 amide bonds. The summed E-state index contributed by atoms with van der Waals surface area (Å²) in [7, 11) is 0. The van der Waals surface area contributed by atoms with Crippen LogP contribution in [0.2, 0.25) is 0 Å². The van der Waals surface area contributed by atoms with E-state index in [-0.39, 0.29) is 30.5 Å². The van der Waals surface area contributed by atoms with Crippen LogP contribution in [-0.4, -0.2) is 34.2 Å². The Hall–Kier alpha value is -3.52. The third-order valence-corrected chi connectivity index (χ3v) is 6.43. The molecule has 0 radical (unpaired) electrons. The van der Waals surface area contributed by atoms with E-state index in [0.29, 0.717) is 18.5 Å². The molecule has 8 heteroatoms. The van der Waals surface area contributed by atoms with Gasteiger partial charge < -0.3 is 10.2 Å². The average Bonchev–Trinajstić information content (AvgIpc) is 2.88. The first-order valence-electron chi connectivity index (χ1n) is 12.0. The fourth-order valence-corrected chi connectivity index (χ4v) is 4.21. The number of halogens is 1. The van der Waals surface area contributed by atoms with E-state index in [1.165, 1.54) is 6.07 Å². The largest absolute Gasteiger partial charge is 0.354 e. The van der Waals surface area contributed by atoms with Gasteiger partial charge in [-0.25, -0.2) is 0 Å². The van der Waals surface area contributed by atoms with Crippen LogP contribution in [0.25, 0.3) is 0 Å². The van der Waals surface area contributed by atoms with Crippen molar-refractivity contribution in [2.45, 2.75) is 45.2 Å². The zero-order valence-corrected chi connectivity index (χ0v) is 21.8. The smallest absolute Gasteiger partial charge is 0.273 e. The van der Waals surface area contributed by atoms with Crippen LogP contribution in [-0.2, 0) is 29.0 Å². The Morgan fingerprint density at radius 3 is 2.31 bits per heavy atom. The maximum absolute atomic E-state index is 13.7. The number of rotatable bonds is 12. The van der Waals surface area contributed by atoms with Gasteiger partial charge in [-0.2, -0.15) is 0 Å². The average molecular weight is 552 g/mol. The van der Waals surface area contributed by atoms with Crippen molar-refractivity contribution >= 4 is 33.4 Å². The number of nitrogens with zero attached hydrogens (tertiary/aromatic N) is 2. The lowest BCUT2D eigenvalue weighted by Gasteiger charge is -2.31. The van der Waals surface area contributed by atoms with Crippen LogP contribution < -0.4 is 5.32 Å². The van der Waals surface area contributed by atoms with Crippen LogP contribution in [0.4, 0.5) is 5.69 Å². The molecule has 0 aromatic heterocycles. The Balaban J connectivity index is 1.98. The van der Waals surface area contributed by atoms with Crippen LogP contribution in [0.5, 0.6) is 0 Å². The highest BCUT2D eigenvalue weighted by Crippen LogP contribution is 2.22. The Bertz CT molecular complexity index is 1170. The molecule has 3 aromatic carbocycles. The van der Waals surface area contributed by atoms with Gasteiger partial charge in [0.1, 0.15) is 6.04 Å². The van der Waals surface area contributed by atoms with E-state index in [1.54, 1.807) is 23.1 Å². The first-order valence-corrected chi connectivity index (χ1v) is 12.8. The molecule has 0 unspecified atom stereocenters. The van der Waals surface area contributed by atoms with E-state index in [2.05, 4.69) is 21.2 Å². The van der Waals surface area contributed by atoms with Gasteiger partial charge in [-0.1, -0.05) is 89.9 Å². The summed E-state index contributed by atoms with van der Waals surface area (Å²) in [6.45, 7) is 2.76. The number of hydrogen-bond acceptors (Lipinski definition) is 4. The topological polar surface area (TPSA) is 92.6 Å². The molecule has 3 aromatic rings. The fraction of sp³-hybridized carbons (Fsp3) is 0.286. The summed E-state index contributed by atoms with van der Waals surface area (Å²) in [6.07, 6.45) is 1.92. The van der Waals surface area contributed by atoms with Crippen molar-refractivity contribution in [3.8, 4) is 0 Å². The minimum Gasteiger partial charge on any atom is -0.354 e. The van der Waals surface area contributed by atoms with E-state index in [4.69, 9.17) is 0 Å². The number of hydrogen-bond donors (Lipinski definition) is 1. The summed E-state index contributed by atoms with van der Waals surface area (Å²) in [6, 6.07) is 22.6. The van der Waals surface area contributed by atoms with Crippen LogP contribution in [0, 0.1) is 10.1 Å². The van der Waals surface area contributed by atoms with Crippen molar-refractivity contribution in [3.05, 3.63) is 110 Å². The molecule has 3 rings (SSSR count). The molecule has 1 atom stereocenters. The van der Waals surface area contributed by atoms with Gasteiger partial charge in [0, 0.05) is 35.6 Å². The molecule has 0 spiro atoms. The van der Waals surface area contributed by atoms with Gasteiger partial charge in [-0.3, -0.25) is 19.7 Å². The van der Waals surface area contributed by atoms with E-state index in [0.717, 1.165) is 28.4 Å². The normalized spacial score (nSPS) is 11.5. The number of unbranched alkanes of at least 4 members (excludes halogenated alkanes) is 1. The van der Waals surface area contributed by atoms with Gasteiger partial charge in [0.25, 0.3) is 5.69 Å². The van der Waals surface area contributed by atoms with Gasteiger partial charge in [-0.05, 0) is 29.7 Å². The van der Waals surface area contributed by atoms with E-state index in [9.17, 15) is 19.7 Å². The van der Waals surface area contributed by atoms with E-state index in [1.807, 2.05) is 61.5 Å². The highest BCUT2D eigenvalue weighted by Gasteiger charge is 2.31. The predicted molar refractivity (Wildman–Crippen MR) is 143 cm³/mol. The minimum absolute atomic E-state index is 0.110. The number of para-hydroxylation sites is 1. The number of nitrogens with one attached hydrogen (secondary N) is 1. The van der Waals surface area contributed by atoms with Crippen molar-refractivity contribution < 1.29 is 14.5 Å². The molecule has 0 aliphatic heterocycles. The van der Waals surface area contributed by atoms with Crippen molar-refractivity contribution in [2.75, 3.05) is 6.54 Å². The standard InChI is InChI=1S/C28H30BrN3O4/c1-2-3-17-30-28(34)26(18-21-9-5-4-6-10-21)31(20-22-13-15-24(29)16-14-22)27(33)19-23-11-7-8-12-25(23)32(35)36/h4-16,26H,2-3,17-20H2,1H3,(H,30,34)/t26-/m1/s1. The number of carbonyl (C=O) groups excluding carboxylic acids is 2. The van der Waals surface area contributed by atoms with Crippen LogP contribution in [0.3, 0.4) is 0 Å². The molecule has 0 aliphatic carbocycles. The molecule has 0 aliphatic rings. The molecule has 1 N–H and O–H groups in total. The lowest BCUT2D eigenvalue weighted by molar-refractivity contribution is -0.385. The second kappa shape index (κ2) is 13.5. The molecule has 36 heavy (non-hydrogen) atoms. The maximum Gasteiger partial charge on any atom is 0.273 e. The highest BCUT2D eigenvalue weighted by molar-refractivity contribution is 9.10. The number of amides is 2. The third kappa shape index (κ3) is 7.75. The number of benzene rings is 3. The molecule has 0 bridgehead atoms. The van der Waals surface area contributed by atoms with E-state index < -0.39 is 11.0 Å². The zero-order chi connectivity index (χ0) is 25.9. The summed E-state index contributed by atoms with van der Waals surface area (Å²) in [4.78, 5) is 39.8. The molecular weight excluding hydrogens is 522 g/mol. The monoisotopic (exact) mass is 551 g/mol. The molecule has 0 saturated carbocycles. The first-order chi connectivity index (χ1) is 17.4. The number of nitro benzene ring substituents is 1. The van der Waals surface area contributed by atoms with Crippen LogP contribution >= 0.6 is 15.9 Å². The van der Waals surface area contributed by atoms with Gasteiger partial charge >= 0.3 is 0 Å². The summed E-state index contributed by atoms with van der Waals surface area (Å²) >= 11 is 3.43. The Labute approximate surface area is 219 Å². The summed E-state index contributed by atoms with van der Waals surface area (Å²) in [5.74, 6) is -0.584. The number of carbonyl (C=O) groups is 2. The lowest BCUT2D eigenvalue weighted by Crippen LogP contribution is -2.51. The van der Waals surface area contributed by atoms with E-state index >= 15 is 0 Å². The second-order valence-corrected chi connectivity index (χ2v) is 9.48. The first kappa shape index (κ1) is 27.1. The highest BCUT2D eigenvalue weighted by atomic mass is 79.9. The Kier molecular flexibility index (Phi) is 10.2. The minimum atomic E-state index is -0.775. The lowest BCUT2D eigenvalue weighted by atomic mass is 10.0. The molecule has 0 saturated heterocycles. The van der Waals surface area contributed by atoms with Crippen molar-refractivity contribution in [3.63, 3.8) is 0 Å². The molecule has 7 nitrogen and oxygen atoms in total. The van der Waals surface area contributed by atoms with Gasteiger partial charge in [0.2, 0.25) is 11.8 Å². The molecular formula is C28H30BrN3O4. The van der Waals surface area contributed by atoms with Crippen molar-refractivity contribution in [1.82, 2.24) is 10.2 Å².